The number of benzene rings is 1. The van der Waals surface area contributed by atoms with E-state index in [0.717, 1.165) is 0 Å². The number of ether oxygens (including phenoxy) is 1. The van der Waals surface area contributed by atoms with Crippen LogP contribution in [0.2, 0.25) is 0 Å². The van der Waals surface area contributed by atoms with E-state index in [1.54, 1.807) is 0 Å². The number of rotatable bonds is 2. The van der Waals surface area contributed by atoms with Gasteiger partial charge in [-0.05, 0) is 12.1 Å². The van der Waals surface area contributed by atoms with Gasteiger partial charge in [0.15, 0.2) is 0 Å². The van der Waals surface area contributed by atoms with Crippen LogP contribution in [0.3, 0.4) is 0 Å². The molecule has 0 saturated heterocycles. The van der Waals surface area contributed by atoms with Crippen molar-refractivity contribution >= 4 is 5.97 Å². The molecule has 1 aliphatic heterocycles. The Labute approximate surface area is 85.5 Å². The quantitative estimate of drug-likeness (QED) is 0.760. The molecule has 1 aliphatic rings. The van der Waals surface area contributed by atoms with E-state index < -0.39 is 17.8 Å². The standard InChI is InChI=1S/C10H10FNO3/c11-6-1-2-7-5(3-4-15-7)8(6)9(12)10(13)14/h1-2,9H,3-4,12H2,(H,13,14). The lowest BCUT2D eigenvalue weighted by Gasteiger charge is -2.12. The number of carboxylic acid groups (broad SMARTS) is 1. The average molecular weight is 211 g/mol. The van der Waals surface area contributed by atoms with Crippen molar-refractivity contribution in [2.75, 3.05) is 6.61 Å². The zero-order valence-electron chi connectivity index (χ0n) is 7.87. The van der Waals surface area contributed by atoms with Crippen molar-refractivity contribution in [2.45, 2.75) is 12.5 Å². The summed E-state index contributed by atoms with van der Waals surface area (Å²) in [5.74, 6) is -1.30. The van der Waals surface area contributed by atoms with Crippen LogP contribution < -0.4 is 10.5 Å². The number of fused-ring (bicyclic) bond motifs is 1. The molecule has 0 radical (unpaired) electrons. The monoisotopic (exact) mass is 211 g/mol. The van der Waals surface area contributed by atoms with E-state index >= 15 is 0 Å². The summed E-state index contributed by atoms with van der Waals surface area (Å²) in [6.45, 7) is 0.443. The molecule has 80 valence electrons. The van der Waals surface area contributed by atoms with Gasteiger partial charge in [0.2, 0.25) is 0 Å². The molecule has 0 amide bonds. The molecule has 1 atom stereocenters. The van der Waals surface area contributed by atoms with Gasteiger partial charge in [0.25, 0.3) is 0 Å². The van der Waals surface area contributed by atoms with E-state index in [1.165, 1.54) is 12.1 Å². The molecule has 0 saturated carbocycles. The van der Waals surface area contributed by atoms with Crippen LogP contribution in [-0.4, -0.2) is 17.7 Å². The maximum Gasteiger partial charge on any atom is 0.325 e. The second-order valence-electron chi connectivity index (χ2n) is 3.35. The Morgan fingerprint density at radius 3 is 3.00 bits per heavy atom. The van der Waals surface area contributed by atoms with Crippen molar-refractivity contribution in [1.82, 2.24) is 0 Å². The third-order valence-electron chi connectivity index (χ3n) is 2.45. The zero-order chi connectivity index (χ0) is 11.0. The van der Waals surface area contributed by atoms with Crippen LogP contribution in [0.5, 0.6) is 5.75 Å². The molecule has 1 aromatic carbocycles. The minimum Gasteiger partial charge on any atom is -0.493 e. The van der Waals surface area contributed by atoms with Crippen LogP contribution >= 0.6 is 0 Å². The minimum absolute atomic E-state index is 0.0394. The lowest BCUT2D eigenvalue weighted by Crippen LogP contribution is -2.23. The highest BCUT2D eigenvalue weighted by Crippen LogP contribution is 2.32. The van der Waals surface area contributed by atoms with Gasteiger partial charge < -0.3 is 15.6 Å². The largest absolute Gasteiger partial charge is 0.493 e. The maximum atomic E-state index is 13.5. The first-order chi connectivity index (χ1) is 7.11. The molecule has 1 unspecified atom stereocenters. The lowest BCUT2D eigenvalue weighted by atomic mass is 9.98. The molecule has 1 heterocycles. The molecule has 0 aromatic heterocycles. The highest BCUT2D eigenvalue weighted by Gasteiger charge is 2.27. The van der Waals surface area contributed by atoms with Crippen molar-refractivity contribution in [3.63, 3.8) is 0 Å². The lowest BCUT2D eigenvalue weighted by molar-refractivity contribution is -0.138. The van der Waals surface area contributed by atoms with Crippen LogP contribution in [0.4, 0.5) is 4.39 Å². The third kappa shape index (κ3) is 1.55. The van der Waals surface area contributed by atoms with Crippen LogP contribution in [0, 0.1) is 5.82 Å². The van der Waals surface area contributed by atoms with Gasteiger partial charge in [0.1, 0.15) is 17.6 Å². The summed E-state index contributed by atoms with van der Waals surface area (Å²) in [7, 11) is 0. The number of carbonyl (C=O) groups is 1. The Kier molecular flexibility index (Phi) is 2.32. The summed E-state index contributed by atoms with van der Waals surface area (Å²) < 4.78 is 18.7. The molecule has 0 aliphatic carbocycles. The molecular formula is C10H10FNO3. The first-order valence-electron chi connectivity index (χ1n) is 4.53. The van der Waals surface area contributed by atoms with E-state index in [9.17, 15) is 9.18 Å². The first kappa shape index (κ1) is 9.92. The molecule has 15 heavy (non-hydrogen) atoms. The van der Waals surface area contributed by atoms with Gasteiger partial charge in [-0.25, -0.2) is 4.39 Å². The number of halogens is 1. The van der Waals surface area contributed by atoms with E-state index in [2.05, 4.69) is 0 Å². The second-order valence-corrected chi connectivity index (χ2v) is 3.35. The summed E-state index contributed by atoms with van der Waals surface area (Å²) in [5.41, 5.74) is 6.03. The van der Waals surface area contributed by atoms with E-state index in [1.807, 2.05) is 0 Å². The van der Waals surface area contributed by atoms with Gasteiger partial charge in [-0.1, -0.05) is 0 Å². The molecule has 0 spiro atoms. The summed E-state index contributed by atoms with van der Waals surface area (Å²) >= 11 is 0. The van der Waals surface area contributed by atoms with Gasteiger partial charge >= 0.3 is 5.97 Å². The van der Waals surface area contributed by atoms with Crippen LogP contribution in [0.1, 0.15) is 17.2 Å². The van der Waals surface area contributed by atoms with Crippen LogP contribution in [0.15, 0.2) is 12.1 Å². The highest BCUT2D eigenvalue weighted by molar-refractivity contribution is 5.76. The van der Waals surface area contributed by atoms with Crippen molar-refractivity contribution in [3.05, 3.63) is 29.1 Å². The number of carboxylic acids is 1. The molecular weight excluding hydrogens is 201 g/mol. The Hall–Kier alpha value is -1.62. The summed E-state index contributed by atoms with van der Waals surface area (Å²) in [6, 6.07) is 1.35. The van der Waals surface area contributed by atoms with Crippen LogP contribution in [-0.2, 0) is 11.2 Å². The fourth-order valence-electron chi connectivity index (χ4n) is 1.73. The third-order valence-corrected chi connectivity index (χ3v) is 2.45. The predicted molar refractivity (Wildman–Crippen MR) is 50.2 cm³/mol. The van der Waals surface area contributed by atoms with Gasteiger partial charge in [-0.2, -0.15) is 0 Å². The number of aliphatic carboxylic acids is 1. The number of hydrogen-bond donors (Lipinski definition) is 2. The molecule has 3 N–H and O–H groups in total. The van der Waals surface area contributed by atoms with Gasteiger partial charge in [0, 0.05) is 17.5 Å². The Morgan fingerprint density at radius 2 is 2.33 bits per heavy atom. The molecule has 4 nitrogen and oxygen atoms in total. The second kappa shape index (κ2) is 3.51. The molecule has 2 rings (SSSR count). The van der Waals surface area contributed by atoms with E-state index in [0.29, 0.717) is 24.3 Å². The fourth-order valence-corrected chi connectivity index (χ4v) is 1.73. The molecule has 5 heteroatoms. The van der Waals surface area contributed by atoms with E-state index in [-0.39, 0.29) is 5.56 Å². The van der Waals surface area contributed by atoms with Crippen molar-refractivity contribution in [3.8, 4) is 5.75 Å². The number of hydrogen-bond acceptors (Lipinski definition) is 3. The van der Waals surface area contributed by atoms with Gasteiger partial charge in [0.05, 0.1) is 6.61 Å². The van der Waals surface area contributed by atoms with Gasteiger partial charge in [-0.15, -0.1) is 0 Å². The summed E-state index contributed by atoms with van der Waals surface area (Å²) in [5, 5.41) is 8.76. The topological polar surface area (TPSA) is 72.6 Å². The van der Waals surface area contributed by atoms with Crippen molar-refractivity contribution < 1.29 is 19.0 Å². The molecule has 0 bridgehead atoms. The smallest absolute Gasteiger partial charge is 0.325 e. The van der Waals surface area contributed by atoms with Crippen molar-refractivity contribution in [2.24, 2.45) is 5.73 Å². The SMILES string of the molecule is NC(C(=O)O)c1c(F)ccc2c1CCO2. The maximum absolute atomic E-state index is 13.5. The number of nitrogens with two attached hydrogens (primary N) is 1. The zero-order valence-corrected chi connectivity index (χ0v) is 7.87. The van der Waals surface area contributed by atoms with Crippen LogP contribution in [0.25, 0.3) is 0 Å². The summed E-state index contributed by atoms with van der Waals surface area (Å²) in [6.07, 6.45) is 0.503. The molecule has 0 fully saturated rings. The summed E-state index contributed by atoms with van der Waals surface area (Å²) in [4.78, 5) is 10.7. The van der Waals surface area contributed by atoms with Crippen molar-refractivity contribution in [1.29, 1.82) is 0 Å². The fraction of sp³-hybridized carbons (Fsp3) is 0.300. The average Bonchev–Trinajstić information content (AvgIpc) is 2.64. The Bertz CT molecular complexity index is 419. The minimum atomic E-state index is -1.33. The Balaban J connectivity index is 2.54. The van der Waals surface area contributed by atoms with Gasteiger partial charge in [-0.3, -0.25) is 4.79 Å². The normalized spacial score (nSPS) is 15.6. The predicted octanol–water partition coefficient (Wildman–Crippen LogP) is 0.845. The van der Waals surface area contributed by atoms with E-state index in [4.69, 9.17) is 15.6 Å². The highest BCUT2D eigenvalue weighted by atomic mass is 19.1. The Morgan fingerprint density at radius 1 is 1.60 bits per heavy atom. The molecule has 1 aromatic rings. The first-order valence-corrected chi connectivity index (χ1v) is 4.53.